The van der Waals surface area contributed by atoms with Crippen LogP contribution in [-0.2, 0) is 20.9 Å². The Labute approximate surface area is 201 Å². The van der Waals surface area contributed by atoms with Gasteiger partial charge in [-0.15, -0.1) is 11.3 Å². The van der Waals surface area contributed by atoms with Crippen LogP contribution in [0.25, 0.3) is 0 Å². The van der Waals surface area contributed by atoms with Gasteiger partial charge in [-0.3, -0.25) is 9.69 Å². The molecule has 1 unspecified atom stereocenters. The van der Waals surface area contributed by atoms with E-state index in [1.807, 2.05) is 26.0 Å². The standard InChI is InChI=1S/C24H22ClN3O4S/c1-14-9-15(2)22(21(25)10-14)28(17(4)29)24-27-19(13-33-24)12-31-23(30)16(3)32-20-7-5-18(11-26)6-8-20/h5-10,13,16H,12H2,1-4H3. The van der Waals surface area contributed by atoms with E-state index < -0.39 is 12.1 Å². The Kier molecular flexibility index (Phi) is 7.69. The molecule has 0 spiro atoms. The number of aromatic nitrogens is 1. The van der Waals surface area contributed by atoms with Crippen molar-refractivity contribution in [3.63, 3.8) is 0 Å². The lowest BCUT2D eigenvalue weighted by molar-refractivity contribution is -0.152. The van der Waals surface area contributed by atoms with Gasteiger partial charge in [0.05, 0.1) is 28.0 Å². The number of anilines is 2. The maximum Gasteiger partial charge on any atom is 0.347 e. The Hall–Kier alpha value is -3.41. The third kappa shape index (κ3) is 5.89. The number of nitrogens with zero attached hydrogens (tertiary/aromatic N) is 3. The number of thiazole rings is 1. The van der Waals surface area contributed by atoms with E-state index in [1.54, 1.807) is 42.6 Å². The van der Waals surface area contributed by atoms with E-state index in [9.17, 15) is 9.59 Å². The van der Waals surface area contributed by atoms with E-state index in [1.165, 1.54) is 23.2 Å². The van der Waals surface area contributed by atoms with Gasteiger partial charge in [0.15, 0.2) is 11.2 Å². The minimum atomic E-state index is -0.848. The minimum absolute atomic E-state index is 0.0667. The number of hydrogen-bond donors (Lipinski definition) is 0. The normalized spacial score (nSPS) is 11.4. The number of hydrogen-bond acceptors (Lipinski definition) is 7. The van der Waals surface area contributed by atoms with Gasteiger partial charge in [-0.1, -0.05) is 17.7 Å². The van der Waals surface area contributed by atoms with Crippen molar-refractivity contribution in [3.8, 4) is 11.8 Å². The van der Waals surface area contributed by atoms with Gasteiger partial charge in [-0.25, -0.2) is 9.78 Å². The lowest BCUT2D eigenvalue weighted by Gasteiger charge is -2.22. The van der Waals surface area contributed by atoms with E-state index in [-0.39, 0.29) is 12.5 Å². The first-order valence-electron chi connectivity index (χ1n) is 10.0. The molecule has 0 N–H and O–H groups in total. The zero-order valence-electron chi connectivity index (χ0n) is 18.6. The van der Waals surface area contributed by atoms with Crippen LogP contribution < -0.4 is 9.64 Å². The van der Waals surface area contributed by atoms with Gasteiger partial charge in [-0.2, -0.15) is 5.26 Å². The molecule has 3 rings (SSSR count). The molecular formula is C24H22ClN3O4S. The second kappa shape index (κ2) is 10.5. The summed E-state index contributed by atoms with van der Waals surface area (Å²) in [5.74, 6) is -0.335. The van der Waals surface area contributed by atoms with Crippen LogP contribution in [0, 0.1) is 25.2 Å². The molecule has 1 aromatic heterocycles. The van der Waals surface area contributed by atoms with Gasteiger partial charge < -0.3 is 9.47 Å². The molecule has 2 aromatic carbocycles. The molecule has 33 heavy (non-hydrogen) atoms. The molecule has 0 saturated heterocycles. The highest BCUT2D eigenvalue weighted by atomic mass is 35.5. The fourth-order valence-corrected chi connectivity index (χ4v) is 4.43. The third-order valence-electron chi connectivity index (χ3n) is 4.66. The molecular weight excluding hydrogens is 462 g/mol. The largest absolute Gasteiger partial charge is 0.479 e. The molecule has 7 nitrogen and oxygen atoms in total. The SMILES string of the molecule is CC(=O)N(c1nc(COC(=O)C(C)Oc2ccc(C#N)cc2)cs1)c1c(C)cc(C)cc1Cl. The number of carbonyl (C=O) groups is 2. The number of amides is 1. The van der Waals surface area contributed by atoms with Crippen molar-refractivity contribution in [1.82, 2.24) is 4.98 Å². The Morgan fingerprint density at radius 2 is 1.94 bits per heavy atom. The number of carbonyl (C=O) groups excluding carboxylic acids is 2. The molecule has 0 aliphatic rings. The average Bonchev–Trinajstić information content (AvgIpc) is 3.23. The number of rotatable bonds is 7. The predicted molar refractivity (Wildman–Crippen MR) is 127 cm³/mol. The van der Waals surface area contributed by atoms with Crippen molar-refractivity contribution in [3.05, 3.63) is 69.2 Å². The molecule has 1 amide bonds. The summed E-state index contributed by atoms with van der Waals surface area (Å²) in [6.07, 6.45) is -0.848. The van der Waals surface area contributed by atoms with Crippen LogP contribution >= 0.6 is 22.9 Å². The van der Waals surface area contributed by atoms with Crippen LogP contribution in [0.5, 0.6) is 5.75 Å². The summed E-state index contributed by atoms with van der Waals surface area (Å²) in [5.41, 5.74) is 3.43. The molecule has 1 heterocycles. The van der Waals surface area contributed by atoms with Crippen LogP contribution in [-0.4, -0.2) is 23.0 Å². The third-order valence-corrected chi connectivity index (χ3v) is 5.82. The van der Waals surface area contributed by atoms with E-state index >= 15 is 0 Å². The predicted octanol–water partition coefficient (Wildman–Crippen LogP) is 5.48. The fourth-order valence-electron chi connectivity index (χ4n) is 3.17. The molecule has 0 bridgehead atoms. The highest BCUT2D eigenvalue weighted by Crippen LogP contribution is 2.37. The summed E-state index contributed by atoms with van der Waals surface area (Å²) in [6.45, 7) is 6.77. The average molecular weight is 484 g/mol. The molecule has 0 aliphatic heterocycles. The molecule has 0 aliphatic carbocycles. The molecule has 0 radical (unpaired) electrons. The first kappa shape index (κ1) is 24.2. The summed E-state index contributed by atoms with van der Waals surface area (Å²) >= 11 is 7.69. The number of esters is 1. The lowest BCUT2D eigenvalue weighted by atomic mass is 10.1. The summed E-state index contributed by atoms with van der Waals surface area (Å²) in [7, 11) is 0. The first-order valence-corrected chi connectivity index (χ1v) is 11.3. The number of halogens is 1. The highest BCUT2D eigenvalue weighted by molar-refractivity contribution is 7.14. The first-order chi connectivity index (χ1) is 15.7. The van der Waals surface area contributed by atoms with Gasteiger partial charge in [-0.05, 0) is 62.2 Å². The second-order valence-electron chi connectivity index (χ2n) is 7.39. The second-order valence-corrected chi connectivity index (χ2v) is 8.64. The highest BCUT2D eigenvalue weighted by Gasteiger charge is 2.23. The van der Waals surface area contributed by atoms with Crippen LogP contribution in [0.3, 0.4) is 0 Å². The smallest absolute Gasteiger partial charge is 0.347 e. The molecule has 170 valence electrons. The van der Waals surface area contributed by atoms with Crippen molar-refractivity contribution < 1.29 is 19.1 Å². The maximum atomic E-state index is 12.4. The fraction of sp³-hybridized carbons (Fsp3) is 0.250. The van der Waals surface area contributed by atoms with Crippen molar-refractivity contribution in [1.29, 1.82) is 5.26 Å². The van der Waals surface area contributed by atoms with E-state index in [4.69, 9.17) is 26.3 Å². The number of benzene rings is 2. The van der Waals surface area contributed by atoms with Gasteiger partial charge in [0, 0.05) is 12.3 Å². The minimum Gasteiger partial charge on any atom is -0.479 e. The Balaban J connectivity index is 1.67. The Bertz CT molecular complexity index is 1190. The number of nitriles is 1. The summed E-state index contributed by atoms with van der Waals surface area (Å²) in [4.78, 5) is 30.7. The molecule has 0 saturated carbocycles. The zero-order chi connectivity index (χ0) is 24.1. The van der Waals surface area contributed by atoms with Gasteiger partial charge in [0.1, 0.15) is 12.4 Å². The quantitative estimate of drug-likeness (QED) is 0.413. The molecule has 0 fully saturated rings. The maximum absolute atomic E-state index is 12.4. The van der Waals surface area contributed by atoms with Gasteiger partial charge in [0.25, 0.3) is 0 Å². The monoisotopic (exact) mass is 483 g/mol. The number of ether oxygens (including phenoxy) is 2. The summed E-state index contributed by atoms with van der Waals surface area (Å²) in [5, 5.41) is 11.5. The molecule has 1 atom stereocenters. The van der Waals surface area contributed by atoms with E-state index in [2.05, 4.69) is 4.98 Å². The van der Waals surface area contributed by atoms with Crippen molar-refractivity contribution >= 4 is 45.6 Å². The van der Waals surface area contributed by atoms with Crippen molar-refractivity contribution in [2.45, 2.75) is 40.4 Å². The Morgan fingerprint density at radius 1 is 1.24 bits per heavy atom. The van der Waals surface area contributed by atoms with Crippen LogP contribution in [0.2, 0.25) is 5.02 Å². The topological polar surface area (TPSA) is 92.5 Å². The lowest BCUT2D eigenvalue weighted by Crippen LogP contribution is -2.26. The van der Waals surface area contributed by atoms with Crippen LogP contribution in [0.15, 0.2) is 41.8 Å². The van der Waals surface area contributed by atoms with Crippen molar-refractivity contribution in [2.75, 3.05) is 4.90 Å². The van der Waals surface area contributed by atoms with Crippen LogP contribution in [0.4, 0.5) is 10.8 Å². The summed E-state index contributed by atoms with van der Waals surface area (Å²) in [6, 6.07) is 12.2. The molecule has 3 aromatic rings. The Morgan fingerprint density at radius 3 is 2.55 bits per heavy atom. The summed E-state index contributed by atoms with van der Waals surface area (Å²) < 4.78 is 10.9. The zero-order valence-corrected chi connectivity index (χ0v) is 20.2. The number of aryl methyl sites for hydroxylation is 2. The van der Waals surface area contributed by atoms with Gasteiger partial charge in [0.2, 0.25) is 5.91 Å². The van der Waals surface area contributed by atoms with Gasteiger partial charge >= 0.3 is 5.97 Å². The molecule has 9 heteroatoms. The van der Waals surface area contributed by atoms with E-state index in [0.717, 1.165) is 11.1 Å². The van der Waals surface area contributed by atoms with Crippen molar-refractivity contribution in [2.24, 2.45) is 0 Å². The van der Waals surface area contributed by atoms with Crippen LogP contribution in [0.1, 0.15) is 36.2 Å². The van der Waals surface area contributed by atoms with E-state index in [0.29, 0.717) is 32.8 Å².